The maximum Gasteiger partial charge on any atom is 0.261 e. The normalized spacial score (nSPS) is 15.4. The highest BCUT2D eigenvalue weighted by molar-refractivity contribution is 7.97. The minimum atomic E-state index is -0.737. The summed E-state index contributed by atoms with van der Waals surface area (Å²) in [6.07, 6.45) is 0.411. The average Bonchev–Trinajstić information content (AvgIpc) is 2.46. The number of allylic oxidation sites excluding steroid dienone is 1. The molecule has 7 heteroatoms. The third-order valence-electron chi connectivity index (χ3n) is 2.88. The van der Waals surface area contributed by atoms with Crippen molar-refractivity contribution in [2.24, 2.45) is 5.73 Å². The van der Waals surface area contributed by atoms with Crippen LogP contribution >= 0.6 is 11.9 Å². The second-order valence-electron chi connectivity index (χ2n) is 4.03. The van der Waals surface area contributed by atoms with E-state index >= 15 is 0 Å². The van der Waals surface area contributed by atoms with Crippen molar-refractivity contribution < 1.29 is 14.3 Å². The van der Waals surface area contributed by atoms with Gasteiger partial charge < -0.3 is 19.9 Å². The van der Waals surface area contributed by atoms with Gasteiger partial charge in [0.25, 0.3) is 5.91 Å². The van der Waals surface area contributed by atoms with Crippen molar-refractivity contribution in [1.29, 1.82) is 5.26 Å². The molecule has 20 heavy (non-hydrogen) atoms. The summed E-state index contributed by atoms with van der Waals surface area (Å²) in [6, 6.07) is 5.50. The van der Waals surface area contributed by atoms with Gasteiger partial charge in [-0.25, -0.2) is 0 Å². The van der Waals surface area contributed by atoms with Crippen LogP contribution in [0.5, 0.6) is 11.5 Å². The molecule has 0 spiro atoms. The fourth-order valence-corrected chi connectivity index (χ4v) is 2.72. The first-order valence-electron chi connectivity index (χ1n) is 5.71. The van der Waals surface area contributed by atoms with E-state index in [0.29, 0.717) is 23.6 Å². The molecule has 1 aliphatic heterocycles. The lowest BCUT2D eigenvalue weighted by Crippen LogP contribution is -2.22. The summed E-state index contributed by atoms with van der Waals surface area (Å²) in [5.74, 6) is 0.494. The number of fused-ring (bicyclic) bond motifs is 1. The van der Waals surface area contributed by atoms with Crippen LogP contribution in [0.3, 0.4) is 0 Å². The molecular weight excluding hydrogens is 278 g/mol. The standard InChI is InChI=1S/C13H13N3O3S/c1-18-10-4-7-3-9(8(6-14)13(15)17)16-20-12(7)5-11(10)19-2/h4-5,16H,3H2,1-2H3,(H2,15,17)/b9-8+. The highest BCUT2D eigenvalue weighted by atomic mass is 32.2. The van der Waals surface area contributed by atoms with Crippen molar-refractivity contribution in [3.8, 4) is 17.6 Å². The predicted molar refractivity (Wildman–Crippen MR) is 74.1 cm³/mol. The molecule has 0 bridgehead atoms. The molecule has 1 amide bonds. The number of benzene rings is 1. The molecule has 0 radical (unpaired) electrons. The van der Waals surface area contributed by atoms with Crippen molar-refractivity contribution in [3.05, 3.63) is 29.0 Å². The van der Waals surface area contributed by atoms with Gasteiger partial charge in [0.05, 0.1) is 14.2 Å². The molecule has 0 unspecified atom stereocenters. The van der Waals surface area contributed by atoms with Gasteiger partial charge in [0, 0.05) is 17.0 Å². The van der Waals surface area contributed by atoms with Crippen LogP contribution in [0, 0.1) is 11.3 Å². The van der Waals surface area contributed by atoms with Crippen molar-refractivity contribution in [2.75, 3.05) is 14.2 Å². The molecule has 3 N–H and O–H groups in total. The number of nitriles is 1. The van der Waals surface area contributed by atoms with Gasteiger partial charge in [-0.2, -0.15) is 5.26 Å². The summed E-state index contributed by atoms with van der Waals surface area (Å²) < 4.78 is 13.4. The molecule has 0 aliphatic carbocycles. The van der Waals surface area contributed by atoms with E-state index in [1.165, 1.54) is 11.9 Å². The number of nitrogens with zero attached hydrogens (tertiary/aromatic N) is 1. The Hall–Kier alpha value is -2.33. The summed E-state index contributed by atoms with van der Waals surface area (Å²) in [7, 11) is 3.12. The van der Waals surface area contributed by atoms with Gasteiger partial charge in [-0.05, 0) is 29.6 Å². The molecule has 104 valence electrons. The fourth-order valence-electron chi connectivity index (χ4n) is 1.89. The summed E-state index contributed by atoms with van der Waals surface area (Å²) in [5, 5.41) is 8.98. The average molecular weight is 291 g/mol. The molecule has 2 rings (SSSR count). The van der Waals surface area contributed by atoms with Crippen LogP contribution in [-0.2, 0) is 11.2 Å². The van der Waals surface area contributed by atoms with Gasteiger partial charge >= 0.3 is 0 Å². The summed E-state index contributed by atoms with van der Waals surface area (Å²) in [5.41, 5.74) is 6.57. The van der Waals surface area contributed by atoms with Crippen LogP contribution in [0.4, 0.5) is 0 Å². The highest BCUT2D eigenvalue weighted by Crippen LogP contribution is 2.38. The first-order chi connectivity index (χ1) is 9.60. The molecule has 6 nitrogen and oxygen atoms in total. The topological polar surface area (TPSA) is 97.4 Å². The van der Waals surface area contributed by atoms with Gasteiger partial charge in [-0.3, -0.25) is 4.79 Å². The lowest BCUT2D eigenvalue weighted by Gasteiger charge is -2.22. The Morgan fingerprint density at radius 3 is 2.60 bits per heavy atom. The summed E-state index contributed by atoms with van der Waals surface area (Å²) >= 11 is 1.30. The van der Waals surface area contributed by atoms with Crippen molar-refractivity contribution in [1.82, 2.24) is 4.72 Å². The van der Waals surface area contributed by atoms with E-state index in [1.807, 2.05) is 18.2 Å². The van der Waals surface area contributed by atoms with Crippen molar-refractivity contribution >= 4 is 17.9 Å². The minimum absolute atomic E-state index is 0.0575. The maximum absolute atomic E-state index is 11.2. The Balaban J connectivity index is 2.45. The molecule has 1 heterocycles. The molecule has 0 atom stereocenters. The van der Waals surface area contributed by atoms with Crippen LogP contribution in [0.25, 0.3) is 0 Å². The molecule has 0 saturated heterocycles. The molecule has 0 saturated carbocycles. The third-order valence-corrected chi connectivity index (χ3v) is 3.83. The van der Waals surface area contributed by atoms with Crippen LogP contribution in [0.15, 0.2) is 28.3 Å². The summed E-state index contributed by atoms with van der Waals surface area (Å²) in [6.45, 7) is 0. The predicted octanol–water partition coefficient (Wildman–Crippen LogP) is 1.12. The first-order valence-corrected chi connectivity index (χ1v) is 6.53. The van der Waals surface area contributed by atoms with Gasteiger partial charge in [0.2, 0.25) is 0 Å². The van der Waals surface area contributed by atoms with E-state index in [0.717, 1.165) is 10.5 Å². The second kappa shape index (κ2) is 5.75. The monoisotopic (exact) mass is 291 g/mol. The largest absolute Gasteiger partial charge is 0.493 e. The smallest absolute Gasteiger partial charge is 0.261 e. The second-order valence-corrected chi connectivity index (χ2v) is 4.87. The van der Waals surface area contributed by atoms with E-state index in [9.17, 15) is 4.79 Å². The Kier molecular flexibility index (Phi) is 4.05. The number of amides is 1. The maximum atomic E-state index is 11.2. The molecule has 0 aromatic heterocycles. The van der Waals surface area contributed by atoms with E-state index in [4.69, 9.17) is 20.5 Å². The Morgan fingerprint density at radius 2 is 2.05 bits per heavy atom. The number of methoxy groups -OCH3 is 2. The zero-order valence-electron chi connectivity index (χ0n) is 11.0. The minimum Gasteiger partial charge on any atom is -0.493 e. The molecule has 1 aromatic rings. The molecular formula is C13H13N3O3S. The van der Waals surface area contributed by atoms with Crippen LogP contribution in [0.1, 0.15) is 5.56 Å². The number of carbonyl (C=O) groups excluding carboxylic acids is 1. The van der Waals surface area contributed by atoms with E-state index in [1.54, 1.807) is 14.2 Å². The third kappa shape index (κ3) is 2.51. The number of primary amides is 1. The van der Waals surface area contributed by atoms with Gasteiger partial charge in [0.1, 0.15) is 11.6 Å². The Bertz CT molecular complexity index is 634. The zero-order chi connectivity index (χ0) is 14.7. The lowest BCUT2D eigenvalue weighted by molar-refractivity contribution is -0.114. The first kappa shape index (κ1) is 14.1. The van der Waals surface area contributed by atoms with E-state index in [-0.39, 0.29) is 5.57 Å². The van der Waals surface area contributed by atoms with Crippen LogP contribution in [-0.4, -0.2) is 20.1 Å². The summed E-state index contributed by atoms with van der Waals surface area (Å²) in [4.78, 5) is 12.2. The number of nitrogens with two attached hydrogens (primary N) is 1. The van der Waals surface area contributed by atoms with Crippen LogP contribution < -0.4 is 19.9 Å². The van der Waals surface area contributed by atoms with E-state index < -0.39 is 5.91 Å². The highest BCUT2D eigenvalue weighted by Gasteiger charge is 2.21. The quantitative estimate of drug-likeness (QED) is 0.492. The Morgan fingerprint density at radius 1 is 1.40 bits per heavy atom. The molecule has 1 aromatic carbocycles. The number of rotatable bonds is 3. The van der Waals surface area contributed by atoms with Gasteiger partial charge in [-0.1, -0.05) is 0 Å². The zero-order valence-corrected chi connectivity index (χ0v) is 11.8. The number of ether oxygens (including phenoxy) is 2. The van der Waals surface area contributed by atoms with Crippen molar-refractivity contribution in [2.45, 2.75) is 11.3 Å². The number of hydrogen-bond acceptors (Lipinski definition) is 6. The van der Waals surface area contributed by atoms with E-state index in [2.05, 4.69) is 4.72 Å². The molecule has 0 fully saturated rings. The van der Waals surface area contributed by atoms with Gasteiger partial charge in [-0.15, -0.1) is 0 Å². The van der Waals surface area contributed by atoms with Crippen LogP contribution in [0.2, 0.25) is 0 Å². The lowest BCUT2D eigenvalue weighted by atomic mass is 10.1. The number of nitrogens with one attached hydrogen (secondary N) is 1. The molecule has 1 aliphatic rings. The SMILES string of the molecule is COc1cc2c(cc1OC)SN/C(=C(\C#N)C(N)=O)C2. The fraction of sp³-hybridized carbons (Fsp3) is 0.231. The number of hydrogen-bond donors (Lipinski definition) is 2. The number of carbonyl (C=O) groups is 1. The Labute approximate surface area is 120 Å². The van der Waals surface area contributed by atoms with Crippen molar-refractivity contribution in [3.63, 3.8) is 0 Å². The van der Waals surface area contributed by atoms with Gasteiger partial charge in [0.15, 0.2) is 11.5 Å².